The van der Waals surface area contributed by atoms with Crippen molar-refractivity contribution < 1.29 is 14.6 Å². The number of carbonyl (C=O) groups is 1. The number of amides is 1. The topological polar surface area (TPSA) is 84.6 Å². The lowest BCUT2D eigenvalue weighted by Gasteiger charge is -2.16. The SMILES string of the molecule is CCCCOC(=O)N[C@H](CO)Cc1ccc(N)cc1. The van der Waals surface area contributed by atoms with Gasteiger partial charge in [0.2, 0.25) is 0 Å². The van der Waals surface area contributed by atoms with E-state index in [0.717, 1.165) is 18.4 Å². The second-order valence-electron chi connectivity index (χ2n) is 4.46. The highest BCUT2D eigenvalue weighted by molar-refractivity contribution is 5.67. The van der Waals surface area contributed by atoms with Crippen LogP contribution in [-0.2, 0) is 11.2 Å². The molecule has 0 radical (unpaired) electrons. The van der Waals surface area contributed by atoms with E-state index in [9.17, 15) is 9.90 Å². The van der Waals surface area contributed by atoms with Gasteiger partial charge >= 0.3 is 6.09 Å². The molecule has 4 N–H and O–H groups in total. The number of carbonyl (C=O) groups excluding carboxylic acids is 1. The van der Waals surface area contributed by atoms with E-state index in [-0.39, 0.29) is 12.6 Å². The normalized spacial score (nSPS) is 11.9. The van der Waals surface area contributed by atoms with Crippen molar-refractivity contribution >= 4 is 11.8 Å². The molecule has 0 aromatic heterocycles. The van der Waals surface area contributed by atoms with Crippen molar-refractivity contribution in [1.82, 2.24) is 5.32 Å². The number of nitrogens with one attached hydrogen (secondary N) is 1. The summed E-state index contributed by atoms with van der Waals surface area (Å²) in [6, 6.07) is 6.99. The monoisotopic (exact) mass is 266 g/mol. The molecular weight excluding hydrogens is 244 g/mol. The van der Waals surface area contributed by atoms with E-state index in [1.54, 1.807) is 12.1 Å². The number of alkyl carbamates (subject to hydrolysis) is 1. The molecule has 1 rings (SSSR count). The molecule has 5 heteroatoms. The van der Waals surface area contributed by atoms with Crippen LogP contribution in [0.2, 0.25) is 0 Å². The number of rotatable bonds is 7. The smallest absolute Gasteiger partial charge is 0.407 e. The third-order valence-corrected chi connectivity index (χ3v) is 2.74. The zero-order valence-electron chi connectivity index (χ0n) is 11.3. The molecule has 0 saturated heterocycles. The molecule has 1 amide bonds. The summed E-state index contributed by atoms with van der Waals surface area (Å²) in [7, 11) is 0. The van der Waals surface area contributed by atoms with Gasteiger partial charge in [-0.2, -0.15) is 0 Å². The Kier molecular flexibility index (Phi) is 6.74. The van der Waals surface area contributed by atoms with E-state index in [1.807, 2.05) is 19.1 Å². The predicted octanol–water partition coefficient (Wildman–Crippen LogP) is 1.70. The van der Waals surface area contributed by atoms with Crippen LogP contribution in [0.5, 0.6) is 0 Å². The van der Waals surface area contributed by atoms with Gasteiger partial charge in [-0.15, -0.1) is 0 Å². The lowest BCUT2D eigenvalue weighted by Crippen LogP contribution is -2.39. The van der Waals surface area contributed by atoms with Gasteiger partial charge in [0.25, 0.3) is 0 Å². The Morgan fingerprint density at radius 1 is 1.42 bits per heavy atom. The average Bonchev–Trinajstić information content (AvgIpc) is 2.41. The second kappa shape index (κ2) is 8.37. The van der Waals surface area contributed by atoms with Gasteiger partial charge in [0.05, 0.1) is 19.3 Å². The van der Waals surface area contributed by atoms with Gasteiger partial charge in [-0.3, -0.25) is 0 Å². The van der Waals surface area contributed by atoms with Crippen LogP contribution in [0.25, 0.3) is 0 Å². The number of hydrogen-bond donors (Lipinski definition) is 3. The number of nitrogens with two attached hydrogens (primary N) is 1. The zero-order valence-corrected chi connectivity index (χ0v) is 11.3. The maximum absolute atomic E-state index is 11.5. The highest BCUT2D eigenvalue weighted by Crippen LogP contribution is 2.08. The van der Waals surface area contributed by atoms with Gasteiger partial charge in [0, 0.05) is 5.69 Å². The molecule has 19 heavy (non-hydrogen) atoms. The fourth-order valence-electron chi connectivity index (χ4n) is 1.62. The maximum Gasteiger partial charge on any atom is 0.407 e. The van der Waals surface area contributed by atoms with E-state index in [4.69, 9.17) is 10.5 Å². The van der Waals surface area contributed by atoms with Crippen molar-refractivity contribution in [2.24, 2.45) is 0 Å². The third-order valence-electron chi connectivity index (χ3n) is 2.74. The number of aliphatic hydroxyl groups excluding tert-OH is 1. The first-order chi connectivity index (χ1) is 9.15. The summed E-state index contributed by atoms with van der Waals surface area (Å²) in [5.41, 5.74) is 7.29. The van der Waals surface area contributed by atoms with Gasteiger partial charge in [-0.1, -0.05) is 25.5 Å². The minimum atomic E-state index is -0.483. The first kappa shape index (κ1) is 15.3. The van der Waals surface area contributed by atoms with Gasteiger partial charge in [-0.05, 0) is 30.5 Å². The summed E-state index contributed by atoms with van der Waals surface area (Å²) in [5.74, 6) is 0. The Hall–Kier alpha value is -1.75. The molecule has 0 fully saturated rings. The molecule has 0 saturated carbocycles. The molecule has 0 bridgehead atoms. The van der Waals surface area contributed by atoms with Crippen molar-refractivity contribution in [3.05, 3.63) is 29.8 Å². The Morgan fingerprint density at radius 3 is 2.68 bits per heavy atom. The van der Waals surface area contributed by atoms with Crippen molar-refractivity contribution in [2.45, 2.75) is 32.2 Å². The van der Waals surface area contributed by atoms with Crippen molar-refractivity contribution in [2.75, 3.05) is 18.9 Å². The lowest BCUT2D eigenvalue weighted by atomic mass is 10.1. The molecule has 0 aliphatic heterocycles. The van der Waals surface area contributed by atoms with E-state index in [1.165, 1.54) is 0 Å². The Morgan fingerprint density at radius 2 is 2.11 bits per heavy atom. The molecular formula is C14H22N2O3. The summed E-state index contributed by atoms with van der Waals surface area (Å²) in [5, 5.41) is 11.9. The number of ether oxygens (including phenoxy) is 1. The largest absolute Gasteiger partial charge is 0.450 e. The Balaban J connectivity index is 2.40. The van der Waals surface area contributed by atoms with Gasteiger partial charge < -0.3 is 20.9 Å². The van der Waals surface area contributed by atoms with Gasteiger partial charge in [0.1, 0.15) is 0 Å². The highest BCUT2D eigenvalue weighted by atomic mass is 16.5. The van der Waals surface area contributed by atoms with Crippen LogP contribution < -0.4 is 11.1 Å². The van der Waals surface area contributed by atoms with E-state index < -0.39 is 6.09 Å². The number of aliphatic hydroxyl groups is 1. The van der Waals surface area contributed by atoms with Crippen LogP contribution in [0.1, 0.15) is 25.3 Å². The summed E-state index contributed by atoms with van der Waals surface area (Å²) in [6.07, 6.45) is 1.87. The molecule has 5 nitrogen and oxygen atoms in total. The zero-order chi connectivity index (χ0) is 14.1. The van der Waals surface area contributed by atoms with Crippen molar-refractivity contribution in [3.8, 4) is 0 Å². The maximum atomic E-state index is 11.5. The van der Waals surface area contributed by atoms with Crippen LogP contribution in [0.4, 0.5) is 10.5 Å². The first-order valence-electron chi connectivity index (χ1n) is 6.54. The summed E-state index contributed by atoms with van der Waals surface area (Å²) < 4.78 is 4.99. The first-order valence-corrected chi connectivity index (χ1v) is 6.54. The highest BCUT2D eigenvalue weighted by Gasteiger charge is 2.12. The molecule has 0 spiro atoms. The quantitative estimate of drug-likeness (QED) is 0.518. The van der Waals surface area contributed by atoms with E-state index >= 15 is 0 Å². The van der Waals surface area contributed by atoms with Gasteiger partial charge in [0.15, 0.2) is 0 Å². The Bertz CT molecular complexity index is 379. The Labute approximate surface area is 113 Å². The van der Waals surface area contributed by atoms with Crippen LogP contribution >= 0.6 is 0 Å². The number of unbranched alkanes of at least 4 members (excludes halogenated alkanes) is 1. The molecule has 0 heterocycles. The van der Waals surface area contributed by atoms with Crippen molar-refractivity contribution in [3.63, 3.8) is 0 Å². The standard InChI is InChI=1S/C14H22N2O3/c1-2-3-8-19-14(18)16-13(10-17)9-11-4-6-12(15)7-5-11/h4-7,13,17H,2-3,8-10,15H2,1H3,(H,16,18)/t13-/m0/s1. The van der Waals surface area contributed by atoms with Crippen LogP contribution in [0, 0.1) is 0 Å². The predicted molar refractivity (Wildman–Crippen MR) is 74.8 cm³/mol. The molecule has 1 aromatic rings. The second-order valence-corrected chi connectivity index (χ2v) is 4.46. The fourth-order valence-corrected chi connectivity index (χ4v) is 1.62. The van der Waals surface area contributed by atoms with Crippen LogP contribution in [0.15, 0.2) is 24.3 Å². The van der Waals surface area contributed by atoms with E-state index in [2.05, 4.69) is 5.32 Å². The number of benzene rings is 1. The molecule has 0 aliphatic carbocycles. The number of hydrogen-bond acceptors (Lipinski definition) is 4. The molecule has 1 aromatic carbocycles. The summed E-state index contributed by atoms with van der Waals surface area (Å²) in [6.45, 7) is 2.30. The number of anilines is 1. The molecule has 0 aliphatic rings. The van der Waals surface area contributed by atoms with E-state index in [0.29, 0.717) is 18.7 Å². The minimum absolute atomic E-state index is 0.132. The lowest BCUT2D eigenvalue weighted by molar-refractivity contribution is 0.134. The molecule has 1 atom stereocenters. The summed E-state index contributed by atoms with van der Waals surface area (Å²) >= 11 is 0. The molecule has 106 valence electrons. The molecule has 0 unspecified atom stereocenters. The number of nitrogen functional groups attached to an aromatic ring is 1. The third kappa shape index (κ3) is 6.10. The van der Waals surface area contributed by atoms with Crippen LogP contribution in [0.3, 0.4) is 0 Å². The van der Waals surface area contributed by atoms with Gasteiger partial charge in [-0.25, -0.2) is 4.79 Å². The van der Waals surface area contributed by atoms with Crippen molar-refractivity contribution in [1.29, 1.82) is 0 Å². The minimum Gasteiger partial charge on any atom is -0.450 e. The summed E-state index contributed by atoms with van der Waals surface area (Å²) in [4.78, 5) is 11.5. The fraction of sp³-hybridized carbons (Fsp3) is 0.500. The average molecular weight is 266 g/mol. The van der Waals surface area contributed by atoms with Crippen LogP contribution in [-0.4, -0.2) is 30.5 Å².